The fourth-order valence-electron chi connectivity index (χ4n) is 7.80. The lowest BCUT2D eigenvalue weighted by molar-refractivity contribution is 1.17. The molecule has 2 heterocycles. The molecule has 8 aromatic carbocycles. The molecule has 234 valence electrons. The van der Waals surface area contributed by atoms with Crippen molar-refractivity contribution in [1.82, 2.24) is 9.13 Å². The summed E-state index contributed by atoms with van der Waals surface area (Å²) >= 11 is 0. The quantitative estimate of drug-likeness (QED) is 0.178. The summed E-state index contributed by atoms with van der Waals surface area (Å²) in [6.45, 7) is 0. The van der Waals surface area contributed by atoms with Crippen LogP contribution in [0.25, 0.3) is 88.4 Å². The molecule has 0 spiro atoms. The number of hydrogen-bond acceptors (Lipinski definition) is 0. The molecule has 0 amide bonds. The third-order valence-corrected chi connectivity index (χ3v) is 10.1. The Morgan fingerprint density at radius 2 is 0.720 bits per heavy atom. The largest absolute Gasteiger partial charge is 0.309 e. The molecule has 0 N–H and O–H groups in total. The summed E-state index contributed by atoms with van der Waals surface area (Å²) in [7, 11) is 0. The standard InChI is InChI=1S/C48H32N2/c1-3-12-33(13-4-1)35-22-28-40(29-23-35)50-44-20-9-7-18-41(44)42-30-31-46-47(48(42)50)43-19-8-10-21-45(43)49(46)39-26-24-36(25-27-39)38-17-11-16-37(32-38)34-14-5-2-6-15-34/h1-32H. The van der Waals surface area contributed by atoms with Gasteiger partial charge in [0.2, 0.25) is 0 Å². The lowest BCUT2D eigenvalue weighted by Crippen LogP contribution is -1.95. The van der Waals surface area contributed by atoms with Gasteiger partial charge in [0, 0.05) is 32.9 Å². The van der Waals surface area contributed by atoms with E-state index in [2.05, 4.69) is 203 Å². The van der Waals surface area contributed by atoms with E-state index in [9.17, 15) is 0 Å². The summed E-state index contributed by atoms with van der Waals surface area (Å²) in [5.41, 5.74) is 14.5. The van der Waals surface area contributed by atoms with Crippen LogP contribution in [0.4, 0.5) is 0 Å². The van der Waals surface area contributed by atoms with Crippen molar-refractivity contribution in [2.45, 2.75) is 0 Å². The molecule has 50 heavy (non-hydrogen) atoms. The highest BCUT2D eigenvalue weighted by atomic mass is 15.0. The molecule has 2 aromatic heterocycles. The number of rotatable bonds is 5. The Hall–Kier alpha value is -6.64. The number of benzene rings is 8. The maximum Gasteiger partial charge on any atom is 0.0641 e. The summed E-state index contributed by atoms with van der Waals surface area (Å²) in [6.07, 6.45) is 0. The van der Waals surface area contributed by atoms with Crippen LogP contribution in [-0.4, -0.2) is 9.13 Å². The average molecular weight is 637 g/mol. The van der Waals surface area contributed by atoms with Gasteiger partial charge in [-0.05, 0) is 81.9 Å². The first-order chi connectivity index (χ1) is 24.8. The van der Waals surface area contributed by atoms with Crippen LogP contribution in [0.2, 0.25) is 0 Å². The van der Waals surface area contributed by atoms with Crippen LogP contribution >= 0.6 is 0 Å². The smallest absolute Gasteiger partial charge is 0.0641 e. The fourth-order valence-corrected chi connectivity index (χ4v) is 7.80. The SMILES string of the molecule is c1ccc(-c2ccc(-n3c4ccccc4c4ccc5c(c6ccccc6n5-c5ccc(-c6cccc(-c7ccccc7)c6)cc5)c43)cc2)cc1. The third-order valence-electron chi connectivity index (χ3n) is 10.1. The molecule has 0 radical (unpaired) electrons. The summed E-state index contributed by atoms with van der Waals surface area (Å²) < 4.78 is 4.89. The van der Waals surface area contributed by atoms with Gasteiger partial charge in [0.15, 0.2) is 0 Å². The monoisotopic (exact) mass is 636 g/mol. The molecular formula is C48H32N2. The van der Waals surface area contributed by atoms with Crippen molar-refractivity contribution >= 4 is 43.6 Å². The van der Waals surface area contributed by atoms with E-state index in [-0.39, 0.29) is 0 Å². The van der Waals surface area contributed by atoms with Gasteiger partial charge < -0.3 is 9.13 Å². The van der Waals surface area contributed by atoms with Gasteiger partial charge in [0.25, 0.3) is 0 Å². The molecule has 0 saturated carbocycles. The van der Waals surface area contributed by atoms with Crippen molar-refractivity contribution in [3.05, 3.63) is 194 Å². The summed E-state index contributed by atoms with van der Waals surface area (Å²) in [5, 5.41) is 5.03. The molecule has 0 aliphatic heterocycles. The minimum atomic E-state index is 1.15. The molecule has 0 saturated heterocycles. The van der Waals surface area contributed by atoms with Crippen molar-refractivity contribution < 1.29 is 0 Å². The molecule has 10 rings (SSSR count). The summed E-state index contributed by atoms with van der Waals surface area (Å²) in [6, 6.07) is 70.3. The first-order valence-electron chi connectivity index (χ1n) is 17.2. The van der Waals surface area contributed by atoms with E-state index >= 15 is 0 Å². The van der Waals surface area contributed by atoms with E-state index in [0.29, 0.717) is 0 Å². The first-order valence-corrected chi connectivity index (χ1v) is 17.2. The van der Waals surface area contributed by atoms with Crippen molar-refractivity contribution in [3.8, 4) is 44.8 Å². The predicted octanol–water partition coefficient (Wildman–Crippen LogP) is 12.9. The summed E-state index contributed by atoms with van der Waals surface area (Å²) in [5.74, 6) is 0. The van der Waals surface area contributed by atoms with Gasteiger partial charge in [-0.1, -0.05) is 146 Å². The Morgan fingerprint density at radius 3 is 1.36 bits per heavy atom. The van der Waals surface area contributed by atoms with Crippen LogP contribution in [0.3, 0.4) is 0 Å². The van der Waals surface area contributed by atoms with Crippen LogP contribution in [0, 0.1) is 0 Å². The van der Waals surface area contributed by atoms with E-state index in [4.69, 9.17) is 0 Å². The summed E-state index contributed by atoms with van der Waals surface area (Å²) in [4.78, 5) is 0. The van der Waals surface area contributed by atoms with Gasteiger partial charge in [-0.25, -0.2) is 0 Å². The molecule has 0 fully saturated rings. The molecule has 10 aromatic rings. The van der Waals surface area contributed by atoms with E-state index in [1.54, 1.807) is 0 Å². The van der Waals surface area contributed by atoms with E-state index in [1.165, 1.54) is 77.0 Å². The number of para-hydroxylation sites is 2. The lowest BCUT2D eigenvalue weighted by Gasteiger charge is -2.12. The second-order valence-electron chi connectivity index (χ2n) is 13.0. The Balaban J connectivity index is 1.16. The van der Waals surface area contributed by atoms with Crippen molar-refractivity contribution in [3.63, 3.8) is 0 Å². The van der Waals surface area contributed by atoms with Gasteiger partial charge in [-0.2, -0.15) is 0 Å². The number of nitrogens with zero attached hydrogens (tertiary/aromatic N) is 2. The minimum Gasteiger partial charge on any atom is -0.309 e. The maximum absolute atomic E-state index is 2.46. The molecular weight excluding hydrogens is 605 g/mol. The Labute approximate surface area is 290 Å². The normalized spacial score (nSPS) is 11.6. The zero-order valence-corrected chi connectivity index (χ0v) is 27.4. The van der Waals surface area contributed by atoms with Gasteiger partial charge in [0.1, 0.15) is 0 Å². The third kappa shape index (κ3) is 4.50. The topological polar surface area (TPSA) is 9.86 Å². The van der Waals surface area contributed by atoms with E-state index in [0.717, 1.165) is 11.4 Å². The average Bonchev–Trinajstić information content (AvgIpc) is 3.72. The predicted molar refractivity (Wildman–Crippen MR) is 211 cm³/mol. The van der Waals surface area contributed by atoms with Gasteiger partial charge >= 0.3 is 0 Å². The van der Waals surface area contributed by atoms with Crippen LogP contribution in [0.5, 0.6) is 0 Å². The number of fused-ring (bicyclic) bond motifs is 7. The molecule has 0 atom stereocenters. The van der Waals surface area contributed by atoms with Crippen molar-refractivity contribution in [2.75, 3.05) is 0 Å². The van der Waals surface area contributed by atoms with E-state index < -0.39 is 0 Å². The highest BCUT2D eigenvalue weighted by molar-refractivity contribution is 6.26. The number of aromatic nitrogens is 2. The fraction of sp³-hybridized carbons (Fsp3) is 0. The number of hydrogen-bond donors (Lipinski definition) is 0. The highest BCUT2D eigenvalue weighted by Gasteiger charge is 2.20. The van der Waals surface area contributed by atoms with Crippen LogP contribution in [0.1, 0.15) is 0 Å². The molecule has 2 nitrogen and oxygen atoms in total. The second-order valence-corrected chi connectivity index (χ2v) is 13.0. The van der Waals surface area contributed by atoms with Gasteiger partial charge in [-0.3, -0.25) is 0 Å². The zero-order chi connectivity index (χ0) is 33.0. The molecule has 0 unspecified atom stereocenters. The zero-order valence-electron chi connectivity index (χ0n) is 27.4. The minimum absolute atomic E-state index is 1.15. The molecule has 0 aliphatic carbocycles. The first kappa shape index (κ1) is 28.4. The highest BCUT2D eigenvalue weighted by Crippen LogP contribution is 2.42. The molecule has 0 bridgehead atoms. The Morgan fingerprint density at radius 1 is 0.260 bits per heavy atom. The molecule has 2 heteroatoms. The Bertz CT molecular complexity index is 2820. The van der Waals surface area contributed by atoms with Crippen LogP contribution in [0.15, 0.2) is 194 Å². The Kier molecular flexibility index (Phi) is 6.53. The lowest BCUT2D eigenvalue weighted by atomic mass is 9.99. The van der Waals surface area contributed by atoms with Crippen LogP contribution < -0.4 is 0 Å². The van der Waals surface area contributed by atoms with Gasteiger partial charge in [-0.15, -0.1) is 0 Å². The van der Waals surface area contributed by atoms with Crippen LogP contribution in [-0.2, 0) is 0 Å². The van der Waals surface area contributed by atoms with Crippen molar-refractivity contribution in [1.29, 1.82) is 0 Å². The second kappa shape index (κ2) is 11.5. The van der Waals surface area contributed by atoms with E-state index in [1.807, 2.05) is 0 Å². The molecule has 0 aliphatic rings. The van der Waals surface area contributed by atoms with Gasteiger partial charge in [0.05, 0.1) is 22.1 Å². The maximum atomic E-state index is 2.46. The van der Waals surface area contributed by atoms with Crippen molar-refractivity contribution in [2.24, 2.45) is 0 Å².